The average Bonchev–Trinajstić information content (AvgIpc) is 3.21. The van der Waals surface area contributed by atoms with Gasteiger partial charge in [0.05, 0.1) is 17.3 Å². The Hall–Kier alpha value is -3.33. The fourth-order valence-electron chi connectivity index (χ4n) is 4.24. The topological polar surface area (TPSA) is 96.0 Å². The highest BCUT2D eigenvalue weighted by Gasteiger charge is 2.46. The molecule has 0 aliphatic carbocycles. The van der Waals surface area contributed by atoms with Gasteiger partial charge >= 0.3 is 5.97 Å². The number of ether oxygens (including phenoxy) is 1. The number of esters is 1. The van der Waals surface area contributed by atoms with Crippen molar-refractivity contribution in [3.8, 4) is 0 Å². The summed E-state index contributed by atoms with van der Waals surface area (Å²) in [5.41, 5.74) is 0.613. The fourth-order valence-corrected chi connectivity index (χ4v) is 4.70. The van der Waals surface area contributed by atoms with Crippen molar-refractivity contribution >= 4 is 52.5 Å². The number of nitrogens with zero attached hydrogens (tertiary/aromatic N) is 2. The van der Waals surface area contributed by atoms with E-state index >= 15 is 0 Å². The minimum atomic E-state index is -1.17. The Morgan fingerprint density at radius 2 is 1.88 bits per heavy atom. The van der Waals surface area contributed by atoms with Crippen molar-refractivity contribution in [3.05, 3.63) is 48.5 Å². The third-order valence-corrected chi connectivity index (χ3v) is 6.92. The van der Waals surface area contributed by atoms with Crippen molar-refractivity contribution < 1.29 is 23.9 Å². The van der Waals surface area contributed by atoms with Gasteiger partial charge in [-0.05, 0) is 57.4 Å². The van der Waals surface area contributed by atoms with Crippen molar-refractivity contribution in [1.29, 1.82) is 0 Å². The molecule has 2 heterocycles. The number of nitrogens with one attached hydrogen (secondary N) is 1. The highest BCUT2D eigenvalue weighted by Crippen LogP contribution is 2.37. The van der Waals surface area contributed by atoms with Gasteiger partial charge in [0.15, 0.2) is 6.10 Å². The average molecular weight is 482 g/mol. The zero-order valence-corrected chi connectivity index (χ0v) is 20.3. The Bertz CT molecular complexity index is 1160. The van der Waals surface area contributed by atoms with Gasteiger partial charge in [0.1, 0.15) is 5.54 Å². The third-order valence-electron chi connectivity index (χ3n) is 6.19. The van der Waals surface area contributed by atoms with Gasteiger partial charge in [0.25, 0.3) is 5.91 Å². The molecule has 178 valence electrons. The smallest absolute Gasteiger partial charge is 0.312 e. The van der Waals surface area contributed by atoms with E-state index in [4.69, 9.17) is 4.74 Å². The lowest BCUT2D eigenvalue weighted by Gasteiger charge is -2.42. The molecular formula is C25H27N3O5S. The molecular weight excluding hydrogens is 454 g/mol. The quantitative estimate of drug-likeness (QED) is 0.519. The van der Waals surface area contributed by atoms with Crippen LogP contribution in [0.4, 0.5) is 17.1 Å². The number of carbonyl (C=O) groups is 4. The van der Waals surface area contributed by atoms with E-state index in [1.165, 1.54) is 11.8 Å². The van der Waals surface area contributed by atoms with Crippen LogP contribution in [0.1, 0.15) is 27.2 Å². The molecule has 3 amide bonds. The Morgan fingerprint density at radius 3 is 2.62 bits per heavy atom. The van der Waals surface area contributed by atoms with E-state index in [-0.39, 0.29) is 24.8 Å². The first-order valence-corrected chi connectivity index (χ1v) is 12.3. The molecule has 0 bridgehead atoms. The van der Waals surface area contributed by atoms with Crippen LogP contribution in [0.5, 0.6) is 0 Å². The van der Waals surface area contributed by atoms with Gasteiger partial charge in [0.2, 0.25) is 11.8 Å². The van der Waals surface area contributed by atoms with E-state index in [9.17, 15) is 19.2 Å². The highest BCUT2D eigenvalue weighted by molar-refractivity contribution is 7.98. The van der Waals surface area contributed by atoms with Crippen LogP contribution in [0.2, 0.25) is 0 Å². The number of anilines is 3. The molecule has 2 aromatic rings. The fraction of sp³-hybridized carbons (Fsp3) is 0.360. The normalized spacial score (nSPS) is 19.9. The number of hydrogen-bond acceptors (Lipinski definition) is 6. The molecule has 1 fully saturated rings. The number of fused-ring (bicyclic) bond motifs is 1. The monoisotopic (exact) mass is 481 g/mol. The summed E-state index contributed by atoms with van der Waals surface area (Å²) in [4.78, 5) is 55.5. The minimum Gasteiger partial charge on any atom is -0.452 e. The molecule has 4 rings (SSSR count). The molecule has 2 aliphatic heterocycles. The number of hydrogen-bond donors (Lipinski definition) is 1. The summed E-state index contributed by atoms with van der Waals surface area (Å²) in [6, 6.07) is 14.5. The lowest BCUT2D eigenvalue weighted by molar-refractivity contribution is -0.158. The molecule has 2 aliphatic rings. The van der Waals surface area contributed by atoms with Gasteiger partial charge in [-0.2, -0.15) is 0 Å². The van der Waals surface area contributed by atoms with Gasteiger partial charge in [-0.1, -0.05) is 18.2 Å². The summed E-state index contributed by atoms with van der Waals surface area (Å²) in [7, 11) is 0. The number of rotatable bonds is 5. The van der Waals surface area contributed by atoms with Crippen LogP contribution in [-0.4, -0.2) is 48.1 Å². The maximum atomic E-state index is 13.4. The SMILES string of the molecule is CSc1cccc(N2C[C@@H](C(=O)O[C@H](C)C(=O)N3c4ccccc4NC(=O)C3(C)C)CC2=O)c1. The maximum absolute atomic E-state index is 13.4. The molecule has 0 unspecified atom stereocenters. The summed E-state index contributed by atoms with van der Waals surface area (Å²) in [6.07, 6.45) is 0.841. The van der Waals surface area contributed by atoms with E-state index < -0.39 is 29.4 Å². The van der Waals surface area contributed by atoms with Gasteiger partial charge in [-0.3, -0.25) is 24.1 Å². The molecule has 0 saturated carbocycles. The second-order valence-electron chi connectivity index (χ2n) is 8.89. The molecule has 0 radical (unpaired) electrons. The highest BCUT2D eigenvalue weighted by atomic mass is 32.2. The summed E-state index contributed by atoms with van der Waals surface area (Å²) in [5.74, 6) is -2.28. The van der Waals surface area contributed by atoms with Gasteiger partial charge in [-0.15, -0.1) is 11.8 Å². The van der Waals surface area contributed by atoms with Crippen molar-refractivity contribution in [1.82, 2.24) is 0 Å². The van der Waals surface area contributed by atoms with Crippen molar-refractivity contribution in [2.45, 2.75) is 43.7 Å². The molecule has 8 nitrogen and oxygen atoms in total. The lowest BCUT2D eigenvalue weighted by Crippen LogP contribution is -2.60. The van der Waals surface area contributed by atoms with Crippen LogP contribution >= 0.6 is 11.8 Å². The summed E-state index contributed by atoms with van der Waals surface area (Å²) in [5, 5.41) is 2.81. The van der Waals surface area contributed by atoms with E-state index in [1.54, 1.807) is 54.8 Å². The number of para-hydroxylation sites is 2. The summed E-state index contributed by atoms with van der Waals surface area (Å²) in [6.45, 7) is 4.96. The molecule has 1 N–H and O–H groups in total. The Balaban J connectivity index is 1.48. The Morgan fingerprint density at radius 1 is 1.15 bits per heavy atom. The van der Waals surface area contributed by atoms with E-state index in [2.05, 4.69) is 5.32 Å². The first-order chi connectivity index (χ1) is 16.1. The minimum absolute atomic E-state index is 0.0175. The number of benzene rings is 2. The van der Waals surface area contributed by atoms with Gasteiger partial charge in [-0.25, -0.2) is 0 Å². The molecule has 1 saturated heterocycles. The van der Waals surface area contributed by atoms with Crippen LogP contribution in [-0.2, 0) is 23.9 Å². The summed E-state index contributed by atoms with van der Waals surface area (Å²) >= 11 is 1.57. The van der Waals surface area contributed by atoms with E-state index in [1.807, 2.05) is 30.5 Å². The number of carbonyl (C=O) groups excluding carboxylic acids is 4. The zero-order chi connectivity index (χ0) is 24.6. The molecule has 2 aromatic carbocycles. The van der Waals surface area contributed by atoms with Crippen LogP contribution in [0.3, 0.4) is 0 Å². The molecule has 0 aromatic heterocycles. The predicted octanol–water partition coefficient (Wildman–Crippen LogP) is 3.46. The standard InChI is InChI=1S/C25H27N3O5S/c1-15(22(30)28-20-11-6-5-10-19(20)26-24(32)25(28,2)3)33-23(31)16-12-21(29)27(14-16)17-8-7-9-18(13-17)34-4/h5-11,13,15-16H,12,14H2,1-4H3,(H,26,32)/t15-,16+/m1/s1. The Kier molecular flexibility index (Phi) is 6.40. The molecule has 34 heavy (non-hydrogen) atoms. The lowest BCUT2D eigenvalue weighted by atomic mass is 9.95. The number of thioether (sulfide) groups is 1. The molecule has 2 atom stereocenters. The number of amides is 3. The van der Waals surface area contributed by atoms with Gasteiger partial charge in [0, 0.05) is 23.5 Å². The third kappa shape index (κ3) is 4.27. The van der Waals surface area contributed by atoms with E-state index in [0.29, 0.717) is 11.4 Å². The molecule has 0 spiro atoms. The van der Waals surface area contributed by atoms with Crippen LogP contribution < -0.4 is 15.1 Å². The van der Waals surface area contributed by atoms with Crippen LogP contribution in [0, 0.1) is 5.92 Å². The molecule has 9 heteroatoms. The van der Waals surface area contributed by atoms with Crippen molar-refractivity contribution in [2.75, 3.05) is 27.9 Å². The Labute approximate surface area is 202 Å². The van der Waals surface area contributed by atoms with Crippen LogP contribution in [0.25, 0.3) is 0 Å². The maximum Gasteiger partial charge on any atom is 0.312 e. The first kappa shape index (κ1) is 23.8. The van der Waals surface area contributed by atoms with Crippen LogP contribution in [0.15, 0.2) is 53.4 Å². The largest absolute Gasteiger partial charge is 0.452 e. The zero-order valence-electron chi connectivity index (χ0n) is 19.5. The second-order valence-corrected chi connectivity index (χ2v) is 9.77. The second kappa shape index (κ2) is 9.13. The summed E-state index contributed by atoms with van der Waals surface area (Å²) < 4.78 is 5.53. The van der Waals surface area contributed by atoms with Crippen molar-refractivity contribution in [3.63, 3.8) is 0 Å². The van der Waals surface area contributed by atoms with E-state index in [0.717, 1.165) is 10.6 Å². The van der Waals surface area contributed by atoms with Crippen molar-refractivity contribution in [2.24, 2.45) is 5.92 Å². The predicted molar refractivity (Wildman–Crippen MR) is 131 cm³/mol. The first-order valence-electron chi connectivity index (χ1n) is 11.0. The van der Waals surface area contributed by atoms with Gasteiger partial charge < -0.3 is 15.0 Å².